The minimum atomic E-state index is -0.214. The molecule has 2 aromatic rings. The standard InChI is InChI=1S/C19H22N4O3S/c1-12(24)20-14-7-4-8-15(9-14)21-17(25)10-16-11-27-19(22-16)23-18(26)13-5-2-3-6-13/h4,7-9,11,13H,2-3,5-6,10H2,1H3,(H,20,24)(H,21,25)(H,22,23,26). The van der Waals surface area contributed by atoms with Crippen molar-refractivity contribution < 1.29 is 14.4 Å². The number of carbonyl (C=O) groups excluding carboxylic acids is 3. The van der Waals surface area contributed by atoms with Gasteiger partial charge in [0.15, 0.2) is 5.13 Å². The van der Waals surface area contributed by atoms with Gasteiger partial charge in [-0.1, -0.05) is 18.9 Å². The molecule has 7 nitrogen and oxygen atoms in total. The molecule has 0 spiro atoms. The van der Waals surface area contributed by atoms with E-state index in [0.717, 1.165) is 25.7 Å². The first-order chi connectivity index (χ1) is 13.0. The Kier molecular flexibility index (Phi) is 6.18. The molecular weight excluding hydrogens is 364 g/mol. The second-order valence-electron chi connectivity index (χ2n) is 6.60. The van der Waals surface area contributed by atoms with E-state index in [2.05, 4.69) is 20.9 Å². The zero-order chi connectivity index (χ0) is 19.2. The first-order valence-corrected chi connectivity index (χ1v) is 9.80. The first-order valence-electron chi connectivity index (χ1n) is 8.92. The summed E-state index contributed by atoms with van der Waals surface area (Å²) in [6, 6.07) is 6.93. The SMILES string of the molecule is CC(=O)Nc1cccc(NC(=O)Cc2csc(NC(=O)C3CCCC3)n2)c1. The van der Waals surface area contributed by atoms with Crippen LogP contribution in [0.4, 0.5) is 16.5 Å². The Morgan fingerprint density at radius 3 is 2.52 bits per heavy atom. The van der Waals surface area contributed by atoms with E-state index in [-0.39, 0.29) is 30.1 Å². The Hall–Kier alpha value is -2.74. The molecule has 27 heavy (non-hydrogen) atoms. The van der Waals surface area contributed by atoms with Gasteiger partial charge in [0.1, 0.15) is 0 Å². The van der Waals surface area contributed by atoms with Crippen LogP contribution in [0, 0.1) is 5.92 Å². The van der Waals surface area contributed by atoms with Gasteiger partial charge in [0, 0.05) is 29.6 Å². The molecule has 3 rings (SSSR count). The molecule has 1 aliphatic rings. The van der Waals surface area contributed by atoms with Gasteiger partial charge in [0.2, 0.25) is 17.7 Å². The Bertz CT molecular complexity index is 843. The number of rotatable bonds is 6. The molecule has 0 radical (unpaired) electrons. The molecule has 3 amide bonds. The molecule has 3 N–H and O–H groups in total. The third-order valence-electron chi connectivity index (χ3n) is 4.32. The van der Waals surface area contributed by atoms with Gasteiger partial charge < -0.3 is 16.0 Å². The van der Waals surface area contributed by atoms with Crippen LogP contribution in [0.5, 0.6) is 0 Å². The van der Waals surface area contributed by atoms with Crippen LogP contribution in [-0.2, 0) is 20.8 Å². The fraction of sp³-hybridized carbons (Fsp3) is 0.368. The molecule has 0 atom stereocenters. The van der Waals surface area contributed by atoms with E-state index in [4.69, 9.17) is 0 Å². The lowest BCUT2D eigenvalue weighted by molar-refractivity contribution is -0.119. The van der Waals surface area contributed by atoms with Gasteiger partial charge in [0.25, 0.3) is 0 Å². The molecule has 0 saturated heterocycles. The number of nitrogens with one attached hydrogen (secondary N) is 3. The number of carbonyl (C=O) groups is 3. The molecule has 0 bridgehead atoms. The van der Waals surface area contributed by atoms with Crippen molar-refractivity contribution in [1.82, 2.24) is 4.98 Å². The van der Waals surface area contributed by atoms with Crippen molar-refractivity contribution in [1.29, 1.82) is 0 Å². The van der Waals surface area contributed by atoms with E-state index in [9.17, 15) is 14.4 Å². The van der Waals surface area contributed by atoms with Gasteiger partial charge in [-0.15, -0.1) is 11.3 Å². The summed E-state index contributed by atoms with van der Waals surface area (Å²) < 4.78 is 0. The van der Waals surface area contributed by atoms with Crippen molar-refractivity contribution in [3.8, 4) is 0 Å². The minimum absolute atomic E-state index is 0.0210. The van der Waals surface area contributed by atoms with Crippen LogP contribution in [0.1, 0.15) is 38.3 Å². The minimum Gasteiger partial charge on any atom is -0.326 e. The summed E-state index contributed by atoms with van der Waals surface area (Å²) in [4.78, 5) is 39.8. The van der Waals surface area contributed by atoms with Crippen molar-refractivity contribution in [2.45, 2.75) is 39.0 Å². The number of nitrogens with zero attached hydrogens (tertiary/aromatic N) is 1. The maximum Gasteiger partial charge on any atom is 0.230 e. The van der Waals surface area contributed by atoms with Crippen LogP contribution < -0.4 is 16.0 Å². The molecule has 1 saturated carbocycles. The smallest absolute Gasteiger partial charge is 0.230 e. The molecule has 1 aliphatic carbocycles. The second-order valence-corrected chi connectivity index (χ2v) is 7.46. The van der Waals surface area contributed by atoms with Gasteiger partial charge >= 0.3 is 0 Å². The summed E-state index contributed by atoms with van der Waals surface area (Å²) >= 11 is 1.32. The Labute approximate surface area is 161 Å². The number of aromatic nitrogens is 1. The number of thiazole rings is 1. The van der Waals surface area contributed by atoms with Gasteiger partial charge in [0.05, 0.1) is 12.1 Å². The van der Waals surface area contributed by atoms with Crippen molar-refractivity contribution in [2.75, 3.05) is 16.0 Å². The maximum atomic E-state index is 12.2. The number of anilines is 3. The van der Waals surface area contributed by atoms with Crippen LogP contribution in [-0.4, -0.2) is 22.7 Å². The maximum absolute atomic E-state index is 12.2. The molecular formula is C19H22N4O3S. The zero-order valence-electron chi connectivity index (χ0n) is 15.1. The Morgan fingerprint density at radius 2 is 1.81 bits per heavy atom. The van der Waals surface area contributed by atoms with Crippen LogP contribution in [0.15, 0.2) is 29.6 Å². The Balaban J connectivity index is 1.53. The van der Waals surface area contributed by atoms with E-state index >= 15 is 0 Å². The summed E-state index contributed by atoms with van der Waals surface area (Å²) in [7, 11) is 0. The molecule has 1 aromatic heterocycles. The second kappa shape index (κ2) is 8.77. The third kappa shape index (κ3) is 5.62. The average molecular weight is 386 g/mol. The molecule has 1 aromatic carbocycles. The quantitative estimate of drug-likeness (QED) is 0.708. The Morgan fingerprint density at radius 1 is 1.11 bits per heavy atom. The highest BCUT2D eigenvalue weighted by molar-refractivity contribution is 7.13. The normalized spacial score (nSPS) is 14.0. The monoisotopic (exact) mass is 386 g/mol. The van der Waals surface area contributed by atoms with Crippen molar-refractivity contribution in [3.63, 3.8) is 0 Å². The highest BCUT2D eigenvalue weighted by Gasteiger charge is 2.23. The number of hydrogen-bond acceptors (Lipinski definition) is 5. The molecule has 1 heterocycles. The summed E-state index contributed by atoms with van der Waals surface area (Å²) in [5, 5.41) is 10.6. The largest absolute Gasteiger partial charge is 0.326 e. The number of benzene rings is 1. The topological polar surface area (TPSA) is 100 Å². The summed E-state index contributed by atoms with van der Waals surface area (Å²) in [6.07, 6.45) is 4.18. The van der Waals surface area contributed by atoms with Crippen LogP contribution in [0.2, 0.25) is 0 Å². The third-order valence-corrected chi connectivity index (χ3v) is 5.12. The van der Waals surface area contributed by atoms with Gasteiger partial charge in [-0.2, -0.15) is 0 Å². The van der Waals surface area contributed by atoms with E-state index in [1.54, 1.807) is 29.6 Å². The lowest BCUT2D eigenvalue weighted by atomic mass is 10.1. The van der Waals surface area contributed by atoms with Crippen LogP contribution >= 0.6 is 11.3 Å². The van der Waals surface area contributed by atoms with E-state index in [0.29, 0.717) is 22.2 Å². The van der Waals surface area contributed by atoms with Crippen molar-refractivity contribution >= 4 is 45.6 Å². The molecule has 8 heteroatoms. The number of amides is 3. The lowest BCUT2D eigenvalue weighted by Crippen LogP contribution is -2.20. The average Bonchev–Trinajstić information content (AvgIpc) is 3.26. The first kappa shape index (κ1) is 19.0. The van der Waals surface area contributed by atoms with Gasteiger partial charge in [-0.3, -0.25) is 14.4 Å². The van der Waals surface area contributed by atoms with Gasteiger partial charge in [-0.25, -0.2) is 4.98 Å². The summed E-state index contributed by atoms with van der Waals surface area (Å²) in [5.74, 6) is -0.286. The molecule has 142 valence electrons. The molecule has 1 fully saturated rings. The fourth-order valence-corrected chi connectivity index (χ4v) is 3.80. The predicted octanol–water partition coefficient (Wildman–Crippen LogP) is 3.41. The summed E-state index contributed by atoms with van der Waals surface area (Å²) in [6.45, 7) is 1.43. The van der Waals surface area contributed by atoms with E-state index in [1.807, 2.05) is 0 Å². The number of hydrogen-bond donors (Lipinski definition) is 3. The van der Waals surface area contributed by atoms with Gasteiger partial charge in [-0.05, 0) is 31.0 Å². The van der Waals surface area contributed by atoms with E-state index in [1.165, 1.54) is 18.3 Å². The summed E-state index contributed by atoms with van der Waals surface area (Å²) in [5.41, 5.74) is 1.82. The predicted molar refractivity (Wildman–Crippen MR) is 106 cm³/mol. The van der Waals surface area contributed by atoms with Crippen LogP contribution in [0.3, 0.4) is 0 Å². The molecule has 0 aliphatic heterocycles. The highest BCUT2D eigenvalue weighted by atomic mass is 32.1. The highest BCUT2D eigenvalue weighted by Crippen LogP contribution is 2.26. The fourth-order valence-electron chi connectivity index (χ4n) is 3.09. The van der Waals surface area contributed by atoms with Crippen molar-refractivity contribution in [2.24, 2.45) is 5.92 Å². The zero-order valence-corrected chi connectivity index (χ0v) is 15.9. The van der Waals surface area contributed by atoms with Crippen molar-refractivity contribution in [3.05, 3.63) is 35.3 Å². The van der Waals surface area contributed by atoms with Crippen LogP contribution in [0.25, 0.3) is 0 Å². The molecule has 0 unspecified atom stereocenters. The lowest BCUT2D eigenvalue weighted by Gasteiger charge is -2.08. The van der Waals surface area contributed by atoms with E-state index < -0.39 is 0 Å².